The van der Waals surface area contributed by atoms with Gasteiger partial charge in [0.1, 0.15) is 12.0 Å². The lowest BCUT2D eigenvalue weighted by atomic mass is 10.1. The van der Waals surface area contributed by atoms with E-state index in [2.05, 4.69) is 5.18 Å². The molecule has 0 fully saturated rings. The van der Waals surface area contributed by atoms with Gasteiger partial charge in [-0.1, -0.05) is 12.1 Å². The molecule has 0 aliphatic heterocycles. The van der Waals surface area contributed by atoms with Crippen LogP contribution in [0, 0.1) is 4.91 Å². The molecule has 0 atom stereocenters. The van der Waals surface area contributed by atoms with Crippen LogP contribution in [-0.4, -0.2) is 6.29 Å². The van der Waals surface area contributed by atoms with Crippen molar-refractivity contribution >= 4 is 12.0 Å². The number of aldehydes is 1. The van der Waals surface area contributed by atoms with E-state index >= 15 is 0 Å². The zero-order valence-corrected chi connectivity index (χ0v) is 7.27. The van der Waals surface area contributed by atoms with E-state index in [0.29, 0.717) is 12.1 Å². The smallest absolute Gasteiger partial charge is 0.120 e. The molecular weight excluding hydrogens is 166 g/mol. The first-order valence-electron chi connectivity index (χ1n) is 4.23. The van der Waals surface area contributed by atoms with Gasteiger partial charge in [-0.3, -0.25) is 0 Å². The van der Waals surface area contributed by atoms with E-state index in [1.165, 1.54) is 0 Å². The summed E-state index contributed by atoms with van der Waals surface area (Å²) in [5.41, 5.74) is 1.58. The second kappa shape index (κ2) is 5.19. The van der Waals surface area contributed by atoms with Gasteiger partial charge in [0.05, 0.1) is 0 Å². The van der Waals surface area contributed by atoms with Crippen LogP contribution in [0.25, 0.3) is 0 Å². The normalized spacial score (nSPS) is 9.54. The average molecular weight is 177 g/mol. The summed E-state index contributed by atoms with van der Waals surface area (Å²) in [7, 11) is 0. The first kappa shape index (κ1) is 9.58. The third-order valence-corrected chi connectivity index (χ3v) is 1.83. The Morgan fingerprint density at radius 3 is 2.46 bits per heavy atom. The predicted octanol–water partition coefficient (Wildman–Crippen LogP) is 2.61. The van der Waals surface area contributed by atoms with Gasteiger partial charge < -0.3 is 4.79 Å². The number of hydrogen-bond donors (Lipinski definition) is 0. The van der Waals surface area contributed by atoms with Gasteiger partial charge >= 0.3 is 0 Å². The fraction of sp³-hybridized carbons (Fsp3) is 0.300. The quantitative estimate of drug-likeness (QED) is 0.394. The minimum absolute atomic E-state index is 0.444. The number of aryl methyl sites for hydroxylation is 1. The van der Waals surface area contributed by atoms with Gasteiger partial charge in [-0.05, 0) is 35.7 Å². The monoisotopic (exact) mass is 177 g/mol. The Morgan fingerprint density at radius 1 is 1.23 bits per heavy atom. The van der Waals surface area contributed by atoms with E-state index < -0.39 is 0 Å². The number of unbranched alkanes of at least 4 members (excludes halogenated alkanes) is 1. The van der Waals surface area contributed by atoms with Gasteiger partial charge in [-0.15, -0.1) is 4.91 Å². The molecule has 0 saturated carbocycles. The average Bonchev–Trinajstić information content (AvgIpc) is 2.19. The Kier molecular flexibility index (Phi) is 3.82. The highest BCUT2D eigenvalue weighted by Gasteiger charge is 1.94. The summed E-state index contributed by atoms with van der Waals surface area (Å²) in [4.78, 5) is 20.1. The number of nitroso groups, excluding NO2 is 1. The van der Waals surface area contributed by atoms with E-state index in [4.69, 9.17) is 0 Å². The number of benzene rings is 1. The predicted molar refractivity (Wildman–Crippen MR) is 50.9 cm³/mol. The summed E-state index contributed by atoms with van der Waals surface area (Å²) < 4.78 is 0. The van der Waals surface area contributed by atoms with Gasteiger partial charge in [-0.2, -0.15) is 0 Å². The molecule has 13 heavy (non-hydrogen) atoms. The molecule has 0 N–H and O–H groups in total. The fourth-order valence-corrected chi connectivity index (χ4v) is 1.11. The van der Waals surface area contributed by atoms with Crippen molar-refractivity contribution in [1.29, 1.82) is 0 Å². The van der Waals surface area contributed by atoms with E-state index in [1.807, 2.05) is 12.1 Å². The second-order valence-corrected chi connectivity index (χ2v) is 2.82. The zero-order chi connectivity index (χ0) is 9.52. The molecule has 0 unspecified atom stereocenters. The minimum Gasteiger partial charge on any atom is -0.303 e. The summed E-state index contributed by atoms with van der Waals surface area (Å²) in [5.74, 6) is 0. The first-order valence-corrected chi connectivity index (χ1v) is 4.23. The van der Waals surface area contributed by atoms with Gasteiger partial charge in [0, 0.05) is 6.42 Å². The van der Waals surface area contributed by atoms with Gasteiger partial charge in [0.2, 0.25) is 0 Å². The molecule has 68 valence electrons. The Hall–Kier alpha value is -1.51. The van der Waals surface area contributed by atoms with Crippen LogP contribution >= 0.6 is 0 Å². The van der Waals surface area contributed by atoms with Crippen LogP contribution < -0.4 is 0 Å². The SMILES string of the molecule is O=CCCCc1ccc(N=O)cc1. The third-order valence-electron chi connectivity index (χ3n) is 1.83. The molecule has 0 spiro atoms. The lowest BCUT2D eigenvalue weighted by Gasteiger charge is -1.97. The maximum Gasteiger partial charge on any atom is 0.120 e. The fourth-order valence-electron chi connectivity index (χ4n) is 1.11. The molecule has 1 aromatic rings. The maximum atomic E-state index is 10.1. The minimum atomic E-state index is 0.444. The molecule has 0 aliphatic carbocycles. The number of carbonyl (C=O) groups is 1. The Labute approximate surface area is 76.7 Å². The van der Waals surface area contributed by atoms with Gasteiger partial charge in [-0.25, -0.2) is 0 Å². The van der Waals surface area contributed by atoms with Crippen LogP contribution in [0.1, 0.15) is 18.4 Å². The summed E-state index contributed by atoms with van der Waals surface area (Å²) in [6.45, 7) is 0. The van der Waals surface area contributed by atoms with Crippen LogP contribution in [0.3, 0.4) is 0 Å². The maximum absolute atomic E-state index is 10.1. The van der Waals surface area contributed by atoms with Crippen LogP contribution in [0.2, 0.25) is 0 Å². The van der Waals surface area contributed by atoms with Gasteiger partial charge in [0.15, 0.2) is 0 Å². The van der Waals surface area contributed by atoms with Crippen molar-refractivity contribution in [1.82, 2.24) is 0 Å². The molecule has 0 amide bonds. The van der Waals surface area contributed by atoms with E-state index in [9.17, 15) is 9.70 Å². The van der Waals surface area contributed by atoms with Crippen molar-refractivity contribution in [3.63, 3.8) is 0 Å². The van der Waals surface area contributed by atoms with E-state index in [0.717, 1.165) is 24.7 Å². The van der Waals surface area contributed by atoms with Crippen molar-refractivity contribution in [3.8, 4) is 0 Å². The molecule has 1 aromatic carbocycles. The Bertz CT molecular complexity index is 279. The Balaban J connectivity index is 2.48. The summed E-state index contributed by atoms with van der Waals surface area (Å²) in [6.07, 6.45) is 3.24. The molecular formula is C10H11NO2. The van der Waals surface area contributed by atoms with Crippen molar-refractivity contribution in [2.75, 3.05) is 0 Å². The van der Waals surface area contributed by atoms with Crippen LogP contribution in [0.4, 0.5) is 5.69 Å². The third kappa shape index (κ3) is 3.15. The largest absolute Gasteiger partial charge is 0.303 e. The first-order chi connectivity index (χ1) is 6.36. The summed E-state index contributed by atoms with van der Waals surface area (Å²) >= 11 is 0. The summed E-state index contributed by atoms with van der Waals surface area (Å²) in [5, 5.41) is 2.80. The lowest BCUT2D eigenvalue weighted by Crippen LogP contribution is -1.85. The molecule has 3 nitrogen and oxygen atoms in total. The second-order valence-electron chi connectivity index (χ2n) is 2.82. The van der Waals surface area contributed by atoms with Crippen LogP contribution in [0.5, 0.6) is 0 Å². The van der Waals surface area contributed by atoms with Gasteiger partial charge in [0.25, 0.3) is 0 Å². The highest BCUT2D eigenvalue weighted by Crippen LogP contribution is 2.13. The van der Waals surface area contributed by atoms with Crippen molar-refractivity contribution < 1.29 is 4.79 Å². The molecule has 0 bridgehead atoms. The highest BCUT2D eigenvalue weighted by atomic mass is 16.3. The number of nitrogens with zero attached hydrogens (tertiary/aromatic N) is 1. The lowest BCUT2D eigenvalue weighted by molar-refractivity contribution is -0.107. The van der Waals surface area contributed by atoms with E-state index in [-0.39, 0.29) is 0 Å². The highest BCUT2D eigenvalue weighted by molar-refractivity contribution is 5.49. The molecule has 3 heteroatoms. The molecule has 0 heterocycles. The van der Waals surface area contributed by atoms with Crippen molar-refractivity contribution in [2.24, 2.45) is 5.18 Å². The number of rotatable bonds is 5. The number of carbonyl (C=O) groups excluding carboxylic acids is 1. The molecule has 0 radical (unpaired) electrons. The molecule has 0 aliphatic rings. The molecule has 0 aromatic heterocycles. The zero-order valence-electron chi connectivity index (χ0n) is 7.27. The molecule has 0 saturated heterocycles. The topological polar surface area (TPSA) is 46.5 Å². The number of hydrogen-bond acceptors (Lipinski definition) is 3. The van der Waals surface area contributed by atoms with Crippen LogP contribution in [0.15, 0.2) is 29.4 Å². The van der Waals surface area contributed by atoms with Crippen molar-refractivity contribution in [3.05, 3.63) is 34.7 Å². The molecule has 1 rings (SSSR count). The standard InChI is InChI=1S/C10H11NO2/c12-8-2-1-3-9-4-6-10(11-13)7-5-9/h4-8H,1-3H2. The summed E-state index contributed by atoms with van der Waals surface area (Å²) in [6, 6.07) is 7.09. The van der Waals surface area contributed by atoms with E-state index in [1.54, 1.807) is 12.1 Å². The Morgan fingerprint density at radius 2 is 1.92 bits per heavy atom. The van der Waals surface area contributed by atoms with Crippen LogP contribution in [-0.2, 0) is 11.2 Å². The van der Waals surface area contributed by atoms with Crippen molar-refractivity contribution in [2.45, 2.75) is 19.3 Å².